The van der Waals surface area contributed by atoms with Gasteiger partial charge in [0.15, 0.2) is 16.3 Å². The van der Waals surface area contributed by atoms with E-state index >= 15 is 0 Å². The first-order valence-corrected chi connectivity index (χ1v) is 13.8. The summed E-state index contributed by atoms with van der Waals surface area (Å²) in [7, 11) is 0. The molecule has 0 N–H and O–H groups in total. The van der Waals surface area contributed by atoms with Gasteiger partial charge < -0.3 is 18.9 Å². The molecule has 0 saturated carbocycles. The zero-order chi connectivity index (χ0) is 28.5. The number of halogens is 1. The lowest BCUT2D eigenvalue weighted by atomic mass is 9.95. The molecular formula is C31H25FN2O6S. The van der Waals surface area contributed by atoms with Crippen molar-refractivity contribution in [2.75, 3.05) is 13.4 Å². The zero-order valence-electron chi connectivity index (χ0n) is 22.3. The molecule has 41 heavy (non-hydrogen) atoms. The maximum absolute atomic E-state index is 14.1. The smallest absolute Gasteiger partial charge is 0.338 e. The maximum atomic E-state index is 14.1. The van der Waals surface area contributed by atoms with Crippen molar-refractivity contribution in [3.05, 3.63) is 120 Å². The number of benzene rings is 3. The van der Waals surface area contributed by atoms with Crippen LogP contribution in [0.25, 0.3) is 6.08 Å². The topological polar surface area (TPSA) is 88.4 Å². The Balaban J connectivity index is 1.45. The monoisotopic (exact) mass is 572 g/mol. The number of fused-ring (bicyclic) bond motifs is 2. The van der Waals surface area contributed by atoms with Gasteiger partial charge in [0.25, 0.3) is 5.56 Å². The van der Waals surface area contributed by atoms with Gasteiger partial charge in [0.1, 0.15) is 18.2 Å². The summed E-state index contributed by atoms with van der Waals surface area (Å²) < 4.78 is 38.4. The number of carbonyl (C=O) groups excluding carboxylic acids is 1. The molecular weight excluding hydrogens is 547 g/mol. The lowest BCUT2D eigenvalue weighted by molar-refractivity contribution is -0.139. The molecule has 8 nitrogen and oxygen atoms in total. The van der Waals surface area contributed by atoms with Crippen molar-refractivity contribution in [3.63, 3.8) is 0 Å². The average Bonchev–Trinajstić information content (AvgIpc) is 3.56. The number of aromatic nitrogens is 1. The highest BCUT2D eigenvalue weighted by atomic mass is 32.1. The van der Waals surface area contributed by atoms with E-state index in [1.807, 2.05) is 18.2 Å². The highest BCUT2D eigenvalue weighted by Gasteiger charge is 2.34. The first-order chi connectivity index (χ1) is 19.9. The van der Waals surface area contributed by atoms with Crippen LogP contribution in [0.3, 0.4) is 0 Å². The average molecular weight is 573 g/mol. The number of ether oxygens (including phenoxy) is 4. The van der Waals surface area contributed by atoms with Crippen molar-refractivity contribution in [1.82, 2.24) is 4.57 Å². The number of thiazole rings is 1. The molecule has 1 unspecified atom stereocenters. The van der Waals surface area contributed by atoms with Crippen molar-refractivity contribution in [2.45, 2.75) is 26.5 Å². The SMILES string of the molecule is CCOC(=O)C1=C(C)N=c2s/c(=C/c3ccccc3OCc3ccccc3F)c(=O)n2C1c1ccc2c(c1)OCO2. The minimum atomic E-state index is -0.783. The molecule has 1 aromatic heterocycles. The van der Waals surface area contributed by atoms with Gasteiger partial charge in [-0.1, -0.05) is 53.8 Å². The van der Waals surface area contributed by atoms with Gasteiger partial charge >= 0.3 is 5.97 Å². The molecule has 0 saturated heterocycles. The number of esters is 1. The molecule has 0 fully saturated rings. The molecule has 1 atom stereocenters. The summed E-state index contributed by atoms with van der Waals surface area (Å²) in [5.41, 5.74) is 2.15. The van der Waals surface area contributed by atoms with Gasteiger partial charge in [-0.15, -0.1) is 0 Å². The van der Waals surface area contributed by atoms with Gasteiger partial charge in [0.2, 0.25) is 6.79 Å². The molecule has 0 amide bonds. The van der Waals surface area contributed by atoms with Crippen LogP contribution in [0, 0.1) is 5.82 Å². The number of hydrogen-bond donors (Lipinski definition) is 0. The summed E-state index contributed by atoms with van der Waals surface area (Å²) >= 11 is 1.21. The summed E-state index contributed by atoms with van der Waals surface area (Å²) in [5, 5.41) is 0. The second-order valence-electron chi connectivity index (χ2n) is 9.33. The second kappa shape index (κ2) is 11.1. The summed E-state index contributed by atoms with van der Waals surface area (Å²) in [5.74, 6) is 0.722. The molecule has 3 aromatic carbocycles. The van der Waals surface area contributed by atoms with E-state index in [2.05, 4.69) is 4.99 Å². The van der Waals surface area contributed by atoms with Crippen LogP contribution in [0.4, 0.5) is 4.39 Å². The van der Waals surface area contributed by atoms with Gasteiger partial charge in [-0.3, -0.25) is 9.36 Å². The summed E-state index contributed by atoms with van der Waals surface area (Å²) in [6.07, 6.45) is 1.72. The van der Waals surface area contributed by atoms with Crippen LogP contribution in [0.15, 0.2) is 87.8 Å². The lowest BCUT2D eigenvalue weighted by Crippen LogP contribution is -2.39. The molecule has 3 heterocycles. The first-order valence-electron chi connectivity index (χ1n) is 13.0. The largest absolute Gasteiger partial charge is 0.488 e. The van der Waals surface area contributed by atoms with Gasteiger partial charge in [-0.2, -0.15) is 0 Å². The molecule has 10 heteroatoms. The Morgan fingerprint density at radius 1 is 1.12 bits per heavy atom. The van der Waals surface area contributed by atoms with Crippen LogP contribution in [0.1, 0.15) is 36.6 Å². The molecule has 2 aliphatic rings. The molecule has 2 aliphatic heterocycles. The Bertz CT molecular complexity index is 1880. The fourth-order valence-electron chi connectivity index (χ4n) is 4.83. The van der Waals surface area contributed by atoms with Crippen molar-refractivity contribution in [3.8, 4) is 17.2 Å². The lowest BCUT2D eigenvalue weighted by Gasteiger charge is -2.24. The highest BCUT2D eigenvalue weighted by Crippen LogP contribution is 2.38. The molecule has 0 bridgehead atoms. The number of nitrogens with zero attached hydrogens (tertiary/aromatic N) is 2. The third-order valence-corrected chi connectivity index (χ3v) is 7.76. The van der Waals surface area contributed by atoms with E-state index in [-0.39, 0.29) is 37.0 Å². The fourth-order valence-corrected chi connectivity index (χ4v) is 5.87. The molecule has 4 aromatic rings. The first kappa shape index (κ1) is 26.5. The third kappa shape index (κ3) is 5.02. The van der Waals surface area contributed by atoms with E-state index in [0.717, 1.165) is 0 Å². The highest BCUT2D eigenvalue weighted by molar-refractivity contribution is 7.07. The summed E-state index contributed by atoms with van der Waals surface area (Å²) in [6, 6.07) is 18.2. The van der Waals surface area contributed by atoms with Gasteiger partial charge in [-0.25, -0.2) is 14.2 Å². The fraction of sp³-hybridized carbons (Fsp3) is 0.194. The van der Waals surface area contributed by atoms with Gasteiger partial charge in [-0.05, 0) is 49.8 Å². The number of carbonyl (C=O) groups is 1. The van der Waals surface area contributed by atoms with E-state index in [0.29, 0.717) is 49.0 Å². The van der Waals surface area contributed by atoms with E-state index < -0.39 is 12.0 Å². The van der Waals surface area contributed by atoms with E-state index in [1.165, 1.54) is 22.0 Å². The van der Waals surface area contributed by atoms with Gasteiger partial charge in [0, 0.05) is 11.1 Å². The summed E-state index contributed by atoms with van der Waals surface area (Å²) in [4.78, 5) is 32.2. The van der Waals surface area contributed by atoms with Crippen LogP contribution in [0.5, 0.6) is 17.2 Å². The molecule has 0 spiro atoms. The Morgan fingerprint density at radius 3 is 2.73 bits per heavy atom. The van der Waals surface area contributed by atoms with Gasteiger partial charge in [0.05, 0.1) is 28.5 Å². The van der Waals surface area contributed by atoms with E-state index in [9.17, 15) is 14.0 Å². The third-order valence-electron chi connectivity index (χ3n) is 6.78. The minimum absolute atomic E-state index is 0.0327. The van der Waals surface area contributed by atoms with Crippen LogP contribution in [-0.2, 0) is 16.1 Å². The quantitative estimate of drug-likeness (QED) is 0.308. The molecule has 0 aliphatic carbocycles. The van der Waals surface area contributed by atoms with Crippen LogP contribution in [0.2, 0.25) is 0 Å². The molecule has 6 rings (SSSR count). The Labute approximate surface area is 238 Å². The predicted octanol–water partition coefficient (Wildman–Crippen LogP) is 4.25. The van der Waals surface area contributed by atoms with Crippen molar-refractivity contribution >= 4 is 23.4 Å². The number of rotatable bonds is 7. The van der Waals surface area contributed by atoms with Crippen LogP contribution in [-0.4, -0.2) is 23.9 Å². The minimum Gasteiger partial charge on any atom is -0.488 e. The normalized spacial score (nSPS) is 15.9. The number of para-hydroxylation sites is 1. The Morgan fingerprint density at radius 2 is 1.90 bits per heavy atom. The van der Waals surface area contributed by atoms with Crippen LogP contribution >= 0.6 is 11.3 Å². The second-order valence-corrected chi connectivity index (χ2v) is 10.3. The van der Waals surface area contributed by atoms with E-state index in [1.54, 1.807) is 62.4 Å². The molecule has 208 valence electrons. The van der Waals surface area contributed by atoms with Crippen molar-refractivity contribution in [2.24, 2.45) is 4.99 Å². The molecule has 0 radical (unpaired) electrons. The zero-order valence-corrected chi connectivity index (χ0v) is 23.1. The predicted molar refractivity (Wildman–Crippen MR) is 150 cm³/mol. The number of hydrogen-bond acceptors (Lipinski definition) is 8. The maximum Gasteiger partial charge on any atom is 0.338 e. The number of allylic oxidation sites excluding steroid dienone is 1. The van der Waals surface area contributed by atoms with E-state index in [4.69, 9.17) is 18.9 Å². The van der Waals surface area contributed by atoms with Crippen LogP contribution < -0.4 is 29.1 Å². The Kier molecular flexibility index (Phi) is 7.15. The summed E-state index contributed by atoms with van der Waals surface area (Å²) in [6.45, 7) is 3.77. The van der Waals surface area contributed by atoms with Crippen molar-refractivity contribution in [1.29, 1.82) is 0 Å². The van der Waals surface area contributed by atoms with Crippen molar-refractivity contribution < 1.29 is 28.1 Å². The standard InChI is InChI=1S/C31H25FN2O6S/c1-3-37-30(36)27-18(2)33-31-34(28(27)20-12-13-24-25(14-20)40-17-39-24)29(35)26(41-31)15-19-8-5-7-11-23(19)38-16-21-9-4-6-10-22(21)32/h4-15,28H,3,16-17H2,1-2H3/b26-15+. The Hall–Kier alpha value is -4.70.